The monoisotopic (exact) mass is 163 g/mol. The van der Waals surface area contributed by atoms with Gasteiger partial charge in [-0.05, 0) is 0 Å². The van der Waals surface area contributed by atoms with Gasteiger partial charge in [0, 0.05) is 29.6 Å². The minimum absolute atomic E-state index is 0. The molecular weight excluding hydrogens is 143 g/mol. The van der Waals surface area contributed by atoms with E-state index in [4.69, 9.17) is 0 Å². The molecule has 1 heteroatoms. The van der Waals surface area contributed by atoms with Gasteiger partial charge in [0.05, 0.1) is 0 Å². The Bertz CT molecular complexity index is 16.4. The van der Waals surface area contributed by atoms with E-state index in [0.717, 1.165) is 0 Å². The Morgan fingerprint density at radius 3 is 0.273 bits per heavy atom. The van der Waals surface area contributed by atoms with Gasteiger partial charge in [-0.25, -0.2) is 0 Å². The molecule has 0 saturated carbocycles. The Morgan fingerprint density at radius 2 is 0.273 bits per heavy atom. The van der Waals surface area contributed by atoms with Crippen LogP contribution >= 0.6 is 0 Å². The van der Waals surface area contributed by atoms with Gasteiger partial charge in [-0.3, -0.25) is 0 Å². The van der Waals surface area contributed by atoms with Gasteiger partial charge in [0.1, 0.15) is 0 Å². The van der Waals surface area contributed by atoms with Crippen molar-refractivity contribution in [3.63, 3.8) is 0 Å². The minimum atomic E-state index is 0. The largest absolute Gasteiger partial charge is 0.106 e. The molecule has 0 fully saturated rings. The van der Waals surface area contributed by atoms with Crippen molar-refractivity contribution in [2.45, 2.75) is 0 Å². The Kier molecular flexibility index (Phi) is 33800. The van der Waals surface area contributed by atoms with Crippen LogP contribution in [0.15, 0.2) is 65.8 Å². The summed E-state index contributed by atoms with van der Waals surface area (Å²) in [7, 11) is 0. The molecule has 0 nitrogen and oxygen atoms in total. The maximum atomic E-state index is 3.00. The normalized spacial score (nSPS) is 1.82. The van der Waals surface area contributed by atoms with Gasteiger partial charge in [-0.15, -0.1) is 65.8 Å². The quantitative estimate of drug-likeness (QED) is 0.378. The summed E-state index contributed by atoms with van der Waals surface area (Å²) >= 11 is 0. The molecule has 0 unspecified atom stereocenters. The maximum absolute atomic E-state index is 3.00. The molecule has 0 rings (SSSR count). The van der Waals surface area contributed by atoms with Crippen molar-refractivity contribution in [3.8, 4) is 0 Å². The number of hydrogen-bond acceptors (Lipinski definition) is 0. The molecule has 0 aromatic heterocycles. The predicted octanol–water partition coefficient (Wildman–Crippen LogP) is 3.63. The van der Waals surface area contributed by atoms with E-state index in [1.54, 1.807) is 0 Å². The molecule has 0 aromatic carbocycles. The zero-order chi connectivity index (χ0) is 10.0. The van der Waals surface area contributed by atoms with Crippen molar-refractivity contribution >= 4 is 29.6 Å². The molecule has 1 radical (unpaired) electrons. The van der Waals surface area contributed by atoms with E-state index in [2.05, 4.69) is 65.8 Å². The zero-order valence-electron chi connectivity index (χ0n) is 8.07. The SMILES string of the molecule is C=C.C=C.C=C.C=C.C=C.[Na]. The van der Waals surface area contributed by atoms with E-state index in [1.807, 2.05) is 0 Å². The molecule has 0 spiro atoms. The van der Waals surface area contributed by atoms with Crippen LogP contribution in [0.5, 0.6) is 0 Å². The molecule has 61 valence electrons. The van der Waals surface area contributed by atoms with Gasteiger partial charge >= 0.3 is 0 Å². The predicted molar refractivity (Wildman–Crippen MR) is 62.0 cm³/mol. The van der Waals surface area contributed by atoms with Crippen molar-refractivity contribution < 1.29 is 0 Å². The second-order valence-corrected chi connectivity index (χ2v) is 0. The fourth-order valence-corrected chi connectivity index (χ4v) is 0. The maximum Gasteiger partial charge on any atom is 0 e. The van der Waals surface area contributed by atoms with Crippen LogP contribution in [0.3, 0.4) is 0 Å². The summed E-state index contributed by atoms with van der Waals surface area (Å²) in [6.45, 7) is 30.0. The Balaban J connectivity index is -0.00000000694. The molecule has 0 N–H and O–H groups in total. The van der Waals surface area contributed by atoms with Crippen molar-refractivity contribution in [1.82, 2.24) is 0 Å². The molecule has 0 bridgehead atoms. The van der Waals surface area contributed by atoms with Gasteiger partial charge in [-0.2, -0.15) is 0 Å². The first-order chi connectivity index (χ1) is 5.00. The summed E-state index contributed by atoms with van der Waals surface area (Å²) in [5.74, 6) is 0. The molecule has 0 heterocycles. The fourth-order valence-electron chi connectivity index (χ4n) is 0. The van der Waals surface area contributed by atoms with Crippen LogP contribution in [0.25, 0.3) is 0 Å². The summed E-state index contributed by atoms with van der Waals surface area (Å²) < 4.78 is 0. The molecule has 11 heavy (non-hydrogen) atoms. The van der Waals surface area contributed by atoms with E-state index in [9.17, 15) is 0 Å². The smallest absolute Gasteiger partial charge is 0 e. The van der Waals surface area contributed by atoms with Crippen LogP contribution < -0.4 is 0 Å². The molecule has 0 aliphatic heterocycles. The van der Waals surface area contributed by atoms with Gasteiger partial charge in [0.15, 0.2) is 0 Å². The van der Waals surface area contributed by atoms with Crippen LogP contribution in [0.2, 0.25) is 0 Å². The molecule has 0 atom stereocenters. The average Bonchev–Trinajstić information content (AvgIpc) is 2.20. The molecule has 0 amide bonds. The average molecular weight is 163 g/mol. The first kappa shape index (κ1) is 45.6. The first-order valence-corrected chi connectivity index (χ1v) is 2.50. The van der Waals surface area contributed by atoms with Gasteiger partial charge in [0.25, 0.3) is 0 Å². The summed E-state index contributed by atoms with van der Waals surface area (Å²) in [5.41, 5.74) is 0. The Labute approximate surface area is 95.0 Å². The summed E-state index contributed by atoms with van der Waals surface area (Å²) in [5, 5.41) is 0. The van der Waals surface area contributed by atoms with Gasteiger partial charge < -0.3 is 0 Å². The molecule has 0 saturated heterocycles. The third-order valence-corrected chi connectivity index (χ3v) is 0. The molecule has 0 aliphatic carbocycles. The summed E-state index contributed by atoms with van der Waals surface area (Å²) in [6, 6.07) is 0. The van der Waals surface area contributed by atoms with Crippen molar-refractivity contribution in [2.24, 2.45) is 0 Å². The Hall–Kier alpha value is -0.300. The van der Waals surface area contributed by atoms with Gasteiger partial charge in [0.2, 0.25) is 0 Å². The minimum Gasteiger partial charge on any atom is -0.106 e. The van der Waals surface area contributed by atoms with E-state index in [1.165, 1.54) is 0 Å². The van der Waals surface area contributed by atoms with Crippen molar-refractivity contribution in [3.05, 3.63) is 65.8 Å². The standard InChI is InChI=1S/5C2H4.Na/c5*1-2;/h5*1-2H2;. The van der Waals surface area contributed by atoms with E-state index in [0.29, 0.717) is 0 Å². The van der Waals surface area contributed by atoms with E-state index >= 15 is 0 Å². The Morgan fingerprint density at radius 1 is 0.273 bits per heavy atom. The number of rotatable bonds is 0. The van der Waals surface area contributed by atoms with E-state index < -0.39 is 0 Å². The first-order valence-electron chi connectivity index (χ1n) is 2.50. The van der Waals surface area contributed by atoms with Gasteiger partial charge in [-0.1, -0.05) is 0 Å². The van der Waals surface area contributed by atoms with E-state index in [-0.39, 0.29) is 29.6 Å². The zero-order valence-corrected chi connectivity index (χ0v) is 10.1. The van der Waals surface area contributed by atoms with Crippen LogP contribution in [0.4, 0.5) is 0 Å². The summed E-state index contributed by atoms with van der Waals surface area (Å²) in [6.07, 6.45) is 0. The summed E-state index contributed by atoms with van der Waals surface area (Å²) in [4.78, 5) is 0. The van der Waals surface area contributed by atoms with Crippen molar-refractivity contribution in [2.75, 3.05) is 0 Å². The molecule has 0 aromatic rings. The van der Waals surface area contributed by atoms with Crippen molar-refractivity contribution in [1.29, 1.82) is 0 Å². The third kappa shape index (κ3) is 6390. The fraction of sp³-hybridized carbons (Fsp3) is 0. The van der Waals surface area contributed by atoms with Crippen LogP contribution in [-0.4, -0.2) is 29.6 Å². The second-order valence-electron chi connectivity index (χ2n) is 0. The second kappa shape index (κ2) is 8160. The van der Waals surface area contributed by atoms with Crippen LogP contribution in [0.1, 0.15) is 0 Å². The topological polar surface area (TPSA) is 0 Å². The van der Waals surface area contributed by atoms with Crippen LogP contribution in [-0.2, 0) is 0 Å². The van der Waals surface area contributed by atoms with Crippen LogP contribution in [0, 0.1) is 0 Å². The molecular formula is C10H20Na. The number of hydrogen-bond donors (Lipinski definition) is 0. The third-order valence-electron chi connectivity index (χ3n) is 0. The molecule has 0 aliphatic rings.